The van der Waals surface area contributed by atoms with E-state index in [1.54, 1.807) is 19.4 Å². The number of hydrogen-bond acceptors (Lipinski definition) is 4. The van der Waals surface area contributed by atoms with Gasteiger partial charge < -0.3 is 15.0 Å². The van der Waals surface area contributed by atoms with Crippen molar-refractivity contribution in [2.75, 3.05) is 7.11 Å². The van der Waals surface area contributed by atoms with Gasteiger partial charge in [0, 0.05) is 29.2 Å². The normalized spacial score (nSPS) is 12.1. The molecule has 2 aromatic carbocycles. The summed E-state index contributed by atoms with van der Waals surface area (Å²) >= 11 is 0. The summed E-state index contributed by atoms with van der Waals surface area (Å²) in [7, 11) is 1.60. The van der Waals surface area contributed by atoms with Crippen molar-refractivity contribution in [1.82, 2.24) is 10.3 Å². The number of carbonyl (C=O) groups is 1. The Morgan fingerprint density at radius 3 is 2.48 bits per heavy atom. The van der Waals surface area contributed by atoms with E-state index in [9.17, 15) is 14.9 Å². The number of nitrogens with one attached hydrogen (secondary N) is 2. The highest BCUT2D eigenvalue weighted by Crippen LogP contribution is 2.27. The second kappa shape index (κ2) is 7.49. The SMILES string of the molecule is COc1ccc(C(NC(=O)c2c[nH]c3ccc([N+](=O)[O-])cc23)C(C)C)cc1. The van der Waals surface area contributed by atoms with E-state index >= 15 is 0 Å². The Hall–Kier alpha value is -3.35. The smallest absolute Gasteiger partial charge is 0.270 e. The zero-order valence-electron chi connectivity index (χ0n) is 15.4. The van der Waals surface area contributed by atoms with Crippen molar-refractivity contribution < 1.29 is 14.5 Å². The molecule has 0 fully saturated rings. The minimum Gasteiger partial charge on any atom is -0.497 e. The number of ether oxygens (including phenoxy) is 1. The second-order valence-corrected chi connectivity index (χ2v) is 6.66. The van der Waals surface area contributed by atoms with E-state index in [4.69, 9.17) is 4.74 Å². The van der Waals surface area contributed by atoms with Gasteiger partial charge in [0.25, 0.3) is 11.6 Å². The van der Waals surface area contributed by atoms with Crippen molar-refractivity contribution in [2.24, 2.45) is 5.92 Å². The quantitative estimate of drug-likeness (QED) is 0.504. The average Bonchev–Trinajstić information content (AvgIpc) is 3.09. The van der Waals surface area contributed by atoms with Gasteiger partial charge in [-0.1, -0.05) is 26.0 Å². The Morgan fingerprint density at radius 2 is 1.89 bits per heavy atom. The van der Waals surface area contributed by atoms with Gasteiger partial charge >= 0.3 is 0 Å². The van der Waals surface area contributed by atoms with E-state index in [1.807, 2.05) is 38.1 Å². The number of fused-ring (bicyclic) bond motifs is 1. The van der Waals surface area contributed by atoms with Gasteiger partial charge in [-0.2, -0.15) is 0 Å². The molecule has 0 saturated heterocycles. The van der Waals surface area contributed by atoms with Gasteiger partial charge in [-0.25, -0.2) is 0 Å². The fraction of sp³-hybridized carbons (Fsp3) is 0.250. The summed E-state index contributed by atoms with van der Waals surface area (Å²) in [5, 5.41) is 14.6. The van der Waals surface area contributed by atoms with E-state index in [2.05, 4.69) is 10.3 Å². The third-order valence-electron chi connectivity index (χ3n) is 4.55. The van der Waals surface area contributed by atoms with E-state index in [1.165, 1.54) is 12.1 Å². The zero-order valence-corrected chi connectivity index (χ0v) is 15.4. The molecule has 1 atom stereocenters. The van der Waals surface area contributed by atoms with Crippen LogP contribution in [0.25, 0.3) is 10.9 Å². The molecule has 0 radical (unpaired) electrons. The topological polar surface area (TPSA) is 97.3 Å². The third kappa shape index (κ3) is 3.76. The van der Waals surface area contributed by atoms with Crippen LogP contribution in [0.4, 0.5) is 5.69 Å². The molecule has 0 aliphatic carbocycles. The van der Waals surface area contributed by atoms with Gasteiger partial charge in [-0.05, 0) is 29.7 Å². The fourth-order valence-electron chi connectivity index (χ4n) is 3.08. The van der Waals surface area contributed by atoms with E-state index < -0.39 is 4.92 Å². The number of non-ortho nitro benzene ring substituents is 1. The molecule has 1 aromatic heterocycles. The molecule has 27 heavy (non-hydrogen) atoms. The summed E-state index contributed by atoms with van der Waals surface area (Å²) in [5.41, 5.74) is 1.97. The van der Waals surface area contributed by atoms with Gasteiger partial charge in [0.15, 0.2) is 0 Å². The van der Waals surface area contributed by atoms with Crippen LogP contribution in [0.2, 0.25) is 0 Å². The molecule has 0 bridgehead atoms. The van der Waals surface area contributed by atoms with Crippen molar-refractivity contribution in [2.45, 2.75) is 19.9 Å². The lowest BCUT2D eigenvalue weighted by Crippen LogP contribution is -2.31. The van der Waals surface area contributed by atoms with Crippen LogP contribution in [0.3, 0.4) is 0 Å². The number of rotatable bonds is 6. The van der Waals surface area contributed by atoms with Crippen LogP contribution < -0.4 is 10.1 Å². The van der Waals surface area contributed by atoms with Crippen molar-refractivity contribution in [3.8, 4) is 5.75 Å². The number of hydrogen-bond donors (Lipinski definition) is 2. The van der Waals surface area contributed by atoms with Gasteiger partial charge in [-0.15, -0.1) is 0 Å². The molecule has 2 N–H and O–H groups in total. The predicted octanol–water partition coefficient (Wildman–Crippen LogP) is 4.21. The summed E-state index contributed by atoms with van der Waals surface area (Å²) < 4.78 is 5.18. The fourth-order valence-corrected chi connectivity index (χ4v) is 3.08. The lowest BCUT2D eigenvalue weighted by Gasteiger charge is -2.23. The molecule has 0 spiro atoms. The first kappa shape index (κ1) is 18.4. The van der Waals surface area contributed by atoms with Crippen LogP contribution in [0, 0.1) is 16.0 Å². The molecule has 1 amide bonds. The molecule has 7 heteroatoms. The maximum Gasteiger partial charge on any atom is 0.270 e. The first-order chi connectivity index (χ1) is 12.9. The minimum absolute atomic E-state index is 0.0493. The molecule has 3 rings (SSSR count). The number of methoxy groups -OCH3 is 1. The lowest BCUT2D eigenvalue weighted by atomic mass is 9.95. The summed E-state index contributed by atoms with van der Waals surface area (Å²) in [6, 6.07) is 11.8. The molecule has 1 heterocycles. The first-order valence-electron chi connectivity index (χ1n) is 8.61. The predicted molar refractivity (Wildman–Crippen MR) is 103 cm³/mol. The Balaban J connectivity index is 1.90. The number of carbonyl (C=O) groups excluding carboxylic acids is 1. The second-order valence-electron chi connectivity index (χ2n) is 6.66. The maximum absolute atomic E-state index is 12.9. The summed E-state index contributed by atoms with van der Waals surface area (Å²) in [6.07, 6.45) is 1.58. The van der Waals surface area contributed by atoms with Crippen LogP contribution in [0.1, 0.15) is 35.8 Å². The van der Waals surface area contributed by atoms with Crippen LogP contribution in [0.5, 0.6) is 5.75 Å². The number of nitrogens with zero attached hydrogens (tertiary/aromatic N) is 1. The average molecular weight is 367 g/mol. The van der Waals surface area contributed by atoms with Gasteiger partial charge in [0.1, 0.15) is 5.75 Å². The summed E-state index contributed by atoms with van der Waals surface area (Å²) in [5.74, 6) is 0.620. The lowest BCUT2D eigenvalue weighted by molar-refractivity contribution is -0.384. The third-order valence-corrected chi connectivity index (χ3v) is 4.55. The molecular weight excluding hydrogens is 346 g/mol. The van der Waals surface area contributed by atoms with Crippen molar-refractivity contribution in [1.29, 1.82) is 0 Å². The molecule has 1 unspecified atom stereocenters. The molecule has 0 aliphatic rings. The highest BCUT2D eigenvalue weighted by atomic mass is 16.6. The number of nitro benzene ring substituents is 1. The molecule has 3 aromatic rings. The number of amides is 1. The van der Waals surface area contributed by atoms with Gasteiger partial charge in [0.2, 0.25) is 0 Å². The van der Waals surface area contributed by atoms with E-state index in [0.717, 1.165) is 11.3 Å². The van der Waals surface area contributed by atoms with Crippen molar-refractivity contribution in [3.05, 3.63) is 69.9 Å². The Morgan fingerprint density at radius 1 is 1.19 bits per heavy atom. The number of nitro groups is 1. The number of H-pyrrole nitrogens is 1. The highest BCUT2D eigenvalue weighted by molar-refractivity contribution is 6.07. The molecule has 0 aliphatic heterocycles. The number of aromatic nitrogens is 1. The first-order valence-corrected chi connectivity index (χ1v) is 8.61. The summed E-state index contributed by atoms with van der Waals surface area (Å²) in [6.45, 7) is 4.05. The van der Waals surface area contributed by atoms with E-state index in [0.29, 0.717) is 16.5 Å². The maximum atomic E-state index is 12.9. The zero-order chi connectivity index (χ0) is 19.6. The highest BCUT2D eigenvalue weighted by Gasteiger charge is 2.22. The number of aromatic amines is 1. The van der Waals surface area contributed by atoms with Crippen LogP contribution in [-0.4, -0.2) is 22.9 Å². The monoisotopic (exact) mass is 367 g/mol. The summed E-state index contributed by atoms with van der Waals surface area (Å²) in [4.78, 5) is 26.4. The standard InChI is InChI=1S/C20H21N3O4/c1-12(2)19(13-4-7-15(27-3)8-5-13)22-20(24)17-11-21-18-9-6-14(23(25)26)10-16(17)18/h4-12,19,21H,1-3H3,(H,22,24). The van der Waals surface area contributed by atoms with E-state index in [-0.39, 0.29) is 23.6 Å². The van der Waals surface area contributed by atoms with Crippen LogP contribution >= 0.6 is 0 Å². The Kier molecular flexibility index (Phi) is 5.12. The van der Waals surface area contributed by atoms with Gasteiger partial charge in [-0.3, -0.25) is 14.9 Å². The molecular formula is C20H21N3O4. The Labute approximate surface area is 156 Å². The number of benzene rings is 2. The molecule has 140 valence electrons. The molecule has 7 nitrogen and oxygen atoms in total. The minimum atomic E-state index is -0.470. The Bertz CT molecular complexity index is 977. The van der Waals surface area contributed by atoms with Crippen LogP contribution in [-0.2, 0) is 0 Å². The van der Waals surface area contributed by atoms with Crippen molar-refractivity contribution in [3.63, 3.8) is 0 Å². The molecule has 0 saturated carbocycles. The van der Waals surface area contributed by atoms with Crippen LogP contribution in [0.15, 0.2) is 48.7 Å². The van der Waals surface area contributed by atoms with Gasteiger partial charge in [0.05, 0.1) is 23.6 Å². The largest absolute Gasteiger partial charge is 0.497 e. The van der Waals surface area contributed by atoms with Crippen molar-refractivity contribution >= 4 is 22.5 Å².